The van der Waals surface area contributed by atoms with Crippen LogP contribution in [0.25, 0.3) is 0 Å². The molecule has 1 amide bonds. The third kappa shape index (κ3) is 4.25. The highest BCUT2D eigenvalue weighted by atomic mass is 16.5. The molecule has 2 fully saturated rings. The van der Waals surface area contributed by atoms with Gasteiger partial charge in [-0.2, -0.15) is 0 Å². The molecule has 0 radical (unpaired) electrons. The molecule has 1 aliphatic carbocycles. The van der Waals surface area contributed by atoms with Crippen molar-refractivity contribution in [1.29, 1.82) is 0 Å². The van der Waals surface area contributed by atoms with Crippen molar-refractivity contribution in [3.63, 3.8) is 0 Å². The van der Waals surface area contributed by atoms with E-state index in [9.17, 15) is 4.79 Å². The minimum Gasteiger partial charge on any atom is -0.378 e. The maximum Gasteiger partial charge on any atom is 0.224 e. The Morgan fingerprint density at radius 3 is 2.78 bits per heavy atom. The van der Waals surface area contributed by atoms with E-state index in [0.717, 1.165) is 26.1 Å². The molecule has 4 nitrogen and oxygen atoms in total. The smallest absolute Gasteiger partial charge is 0.224 e. The second kappa shape index (κ2) is 6.53. The molecular formula is C14H26N2O2. The number of carbonyl (C=O) groups excluding carboxylic acids is 1. The Morgan fingerprint density at radius 1 is 1.44 bits per heavy atom. The molecule has 0 aromatic rings. The van der Waals surface area contributed by atoms with Crippen LogP contribution in [-0.2, 0) is 9.53 Å². The first-order valence-electron chi connectivity index (χ1n) is 7.27. The van der Waals surface area contributed by atoms with Crippen molar-refractivity contribution >= 4 is 5.91 Å². The molecule has 4 heteroatoms. The van der Waals surface area contributed by atoms with E-state index in [1.54, 1.807) is 0 Å². The van der Waals surface area contributed by atoms with Gasteiger partial charge in [0.15, 0.2) is 0 Å². The van der Waals surface area contributed by atoms with E-state index in [1.807, 2.05) is 0 Å². The molecule has 1 unspecified atom stereocenters. The van der Waals surface area contributed by atoms with Gasteiger partial charge in [0.2, 0.25) is 5.91 Å². The van der Waals surface area contributed by atoms with Gasteiger partial charge in [0.25, 0.3) is 0 Å². The Bertz CT molecular complexity index is 271. The van der Waals surface area contributed by atoms with Crippen LogP contribution < -0.4 is 5.32 Å². The first-order chi connectivity index (χ1) is 8.66. The van der Waals surface area contributed by atoms with Crippen LogP contribution >= 0.6 is 0 Å². The Kier molecular flexibility index (Phi) is 5.01. The van der Waals surface area contributed by atoms with Crippen molar-refractivity contribution in [1.82, 2.24) is 10.2 Å². The molecule has 0 bridgehead atoms. The van der Waals surface area contributed by atoms with Gasteiger partial charge in [-0.25, -0.2) is 0 Å². The molecule has 0 aromatic heterocycles. The average molecular weight is 254 g/mol. The Labute approximate surface area is 110 Å². The number of ether oxygens (including phenoxy) is 1. The van der Waals surface area contributed by atoms with Gasteiger partial charge in [-0.05, 0) is 25.2 Å². The van der Waals surface area contributed by atoms with Gasteiger partial charge in [0, 0.05) is 31.6 Å². The quantitative estimate of drug-likeness (QED) is 0.779. The molecule has 1 saturated heterocycles. The van der Waals surface area contributed by atoms with E-state index in [2.05, 4.69) is 24.1 Å². The van der Waals surface area contributed by atoms with E-state index >= 15 is 0 Å². The summed E-state index contributed by atoms with van der Waals surface area (Å²) in [4.78, 5) is 14.4. The highest BCUT2D eigenvalue weighted by Gasteiger charge is 2.33. The molecule has 1 saturated carbocycles. The molecule has 18 heavy (non-hydrogen) atoms. The minimum absolute atomic E-state index is 0.214. The van der Waals surface area contributed by atoms with Crippen LogP contribution in [0.2, 0.25) is 0 Å². The highest BCUT2D eigenvalue weighted by Crippen LogP contribution is 2.28. The first-order valence-corrected chi connectivity index (χ1v) is 7.27. The summed E-state index contributed by atoms with van der Waals surface area (Å²) in [5.74, 6) is 0.969. The molecule has 1 N–H and O–H groups in total. The van der Waals surface area contributed by atoms with Gasteiger partial charge in [0.05, 0.1) is 13.2 Å². The molecule has 104 valence electrons. The van der Waals surface area contributed by atoms with Gasteiger partial charge in [-0.15, -0.1) is 0 Å². The van der Waals surface area contributed by atoms with Crippen LogP contribution in [0.3, 0.4) is 0 Å². The number of hydrogen-bond acceptors (Lipinski definition) is 3. The van der Waals surface area contributed by atoms with E-state index < -0.39 is 0 Å². The summed E-state index contributed by atoms with van der Waals surface area (Å²) in [6.45, 7) is 7.67. The summed E-state index contributed by atoms with van der Waals surface area (Å²) in [7, 11) is 0. The molecule has 2 rings (SSSR count). The highest BCUT2D eigenvalue weighted by molar-refractivity contribution is 5.77. The molecule has 0 aromatic carbocycles. The number of carbonyl (C=O) groups is 1. The molecular weight excluding hydrogens is 228 g/mol. The number of nitrogens with one attached hydrogen (secondary N) is 1. The number of hydrogen-bond donors (Lipinski definition) is 1. The molecule has 1 atom stereocenters. The van der Waals surface area contributed by atoms with Crippen LogP contribution in [0.5, 0.6) is 0 Å². The average Bonchev–Trinajstić information content (AvgIpc) is 3.14. The van der Waals surface area contributed by atoms with E-state index in [4.69, 9.17) is 4.74 Å². The van der Waals surface area contributed by atoms with Crippen molar-refractivity contribution in [2.45, 2.75) is 51.6 Å². The van der Waals surface area contributed by atoms with Gasteiger partial charge in [-0.3, -0.25) is 4.79 Å². The molecule has 2 aliphatic rings. The maximum absolute atomic E-state index is 12.3. The zero-order valence-corrected chi connectivity index (χ0v) is 11.7. The monoisotopic (exact) mass is 254 g/mol. The van der Waals surface area contributed by atoms with Crippen molar-refractivity contribution in [3.05, 3.63) is 0 Å². The lowest BCUT2D eigenvalue weighted by Gasteiger charge is -2.28. The summed E-state index contributed by atoms with van der Waals surface area (Å²) in [6, 6.07) is 0.743. The van der Waals surface area contributed by atoms with Crippen molar-refractivity contribution in [3.8, 4) is 0 Å². The lowest BCUT2D eigenvalue weighted by Crippen LogP contribution is -2.45. The SMILES string of the molecule is CC(C)CCN(C(=O)CC1COCCN1)C1CC1. The Hall–Kier alpha value is -0.610. The van der Waals surface area contributed by atoms with E-state index in [1.165, 1.54) is 12.8 Å². The predicted molar refractivity (Wildman–Crippen MR) is 71.4 cm³/mol. The fraction of sp³-hybridized carbons (Fsp3) is 0.929. The number of morpholine rings is 1. The van der Waals surface area contributed by atoms with Crippen molar-refractivity contribution in [2.75, 3.05) is 26.3 Å². The lowest BCUT2D eigenvalue weighted by atomic mass is 10.1. The van der Waals surface area contributed by atoms with Gasteiger partial charge >= 0.3 is 0 Å². The number of nitrogens with zero attached hydrogens (tertiary/aromatic N) is 1. The van der Waals surface area contributed by atoms with E-state index in [0.29, 0.717) is 30.9 Å². The largest absolute Gasteiger partial charge is 0.378 e. The third-order valence-electron chi connectivity index (χ3n) is 3.67. The second-order valence-electron chi connectivity index (χ2n) is 5.93. The topological polar surface area (TPSA) is 41.6 Å². The normalized spacial score (nSPS) is 24.3. The standard InChI is InChI=1S/C14H26N2O2/c1-11(2)5-7-16(13-3-4-13)14(17)9-12-10-18-8-6-15-12/h11-13,15H,3-10H2,1-2H3. The van der Waals surface area contributed by atoms with Gasteiger partial charge in [0.1, 0.15) is 0 Å². The first kappa shape index (κ1) is 13.8. The Morgan fingerprint density at radius 2 is 2.22 bits per heavy atom. The zero-order chi connectivity index (χ0) is 13.0. The van der Waals surface area contributed by atoms with Gasteiger partial charge < -0.3 is 15.0 Å². The number of amides is 1. The van der Waals surface area contributed by atoms with E-state index in [-0.39, 0.29) is 6.04 Å². The summed E-state index contributed by atoms with van der Waals surface area (Å²) in [5.41, 5.74) is 0. The summed E-state index contributed by atoms with van der Waals surface area (Å²) in [5, 5.41) is 3.36. The maximum atomic E-state index is 12.3. The molecule has 1 aliphatic heterocycles. The summed E-state index contributed by atoms with van der Waals surface area (Å²) >= 11 is 0. The minimum atomic E-state index is 0.214. The summed E-state index contributed by atoms with van der Waals surface area (Å²) < 4.78 is 5.40. The third-order valence-corrected chi connectivity index (χ3v) is 3.67. The lowest BCUT2D eigenvalue weighted by molar-refractivity contribution is -0.133. The van der Waals surface area contributed by atoms with Crippen molar-refractivity contribution in [2.24, 2.45) is 5.92 Å². The van der Waals surface area contributed by atoms with Crippen LogP contribution in [-0.4, -0.2) is 49.2 Å². The van der Waals surface area contributed by atoms with Crippen LogP contribution in [0.4, 0.5) is 0 Å². The van der Waals surface area contributed by atoms with Gasteiger partial charge in [-0.1, -0.05) is 13.8 Å². The van der Waals surface area contributed by atoms with Crippen LogP contribution in [0.1, 0.15) is 39.5 Å². The zero-order valence-electron chi connectivity index (χ0n) is 11.7. The predicted octanol–water partition coefficient (Wildman–Crippen LogP) is 1.40. The second-order valence-corrected chi connectivity index (χ2v) is 5.93. The number of rotatable bonds is 6. The molecule has 1 heterocycles. The molecule has 0 spiro atoms. The summed E-state index contributed by atoms with van der Waals surface area (Å²) in [6.07, 6.45) is 4.09. The van der Waals surface area contributed by atoms with Crippen LogP contribution in [0, 0.1) is 5.92 Å². The van der Waals surface area contributed by atoms with Crippen molar-refractivity contribution < 1.29 is 9.53 Å². The van der Waals surface area contributed by atoms with Crippen LogP contribution in [0.15, 0.2) is 0 Å². The Balaban J connectivity index is 1.79. The fourth-order valence-corrected chi connectivity index (χ4v) is 2.37. The fourth-order valence-electron chi connectivity index (χ4n) is 2.37.